The van der Waals surface area contributed by atoms with Gasteiger partial charge < -0.3 is 39.0 Å². The molecule has 2 aromatic carbocycles. The fourth-order valence-corrected chi connectivity index (χ4v) is 13.9. The molecule has 71 heavy (non-hydrogen) atoms. The highest BCUT2D eigenvalue weighted by atomic mass is 16.8. The van der Waals surface area contributed by atoms with Crippen LogP contribution in [0.5, 0.6) is 0 Å². The highest BCUT2D eigenvalue weighted by Gasteiger charge is 2.78. The van der Waals surface area contributed by atoms with E-state index >= 15 is 4.79 Å². The number of aliphatic hydroxyl groups is 1. The van der Waals surface area contributed by atoms with Crippen LogP contribution < -0.4 is 5.32 Å². The third-order valence-electron chi connectivity index (χ3n) is 18.0. The molecule has 4 saturated heterocycles. The molecule has 5 aliphatic carbocycles. The van der Waals surface area contributed by atoms with Crippen molar-refractivity contribution in [1.82, 2.24) is 15.3 Å². The first-order valence-electron chi connectivity index (χ1n) is 26.7. The molecule has 14 nitrogen and oxygen atoms in total. The molecule has 2 aromatic rings. The summed E-state index contributed by atoms with van der Waals surface area (Å²) in [6.45, 7) is 12.2. The third kappa shape index (κ3) is 9.08. The zero-order valence-electron chi connectivity index (χ0n) is 42.7. The first-order chi connectivity index (χ1) is 33.8. The van der Waals surface area contributed by atoms with Gasteiger partial charge in [-0.05, 0) is 126 Å². The maximum absolute atomic E-state index is 16.0. The van der Waals surface area contributed by atoms with Crippen molar-refractivity contribution < 1.29 is 52.8 Å². The summed E-state index contributed by atoms with van der Waals surface area (Å²) in [4.78, 5) is 66.8. The summed E-state index contributed by atoms with van der Waals surface area (Å²) >= 11 is 0. The number of nitrogens with one attached hydrogen (secondary N) is 1. The Kier molecular flexibility index (Phi) is 12.5. The summed E-state index contributed by atoms with van der Waals surface area (Å²) < 4.78 is 32.3. The van der Waals surface area contributed by atoms with Crippen LogP contribution >= 0.6 is 0 Å². The number of benzene rings is 2. The second-order valence-electron chi connectivity index (χ2n) is 24.7. The van der Waals surface area contributed by atoms with E-state index in [-0.39, 0.29) is 55.1 Å². The van der Waals surface area contributed by atoms with E-state index in [1.54, 1.807) is 32.9 Å². The maximum Gasteiger partial charge on any atom is 0.327 e. The molecule has 4 aliphatic heterocycles. The monoisotopic (exact) mass is 978 g/mol. The number of carbonyl (C=O) groups excluding carboxylic acids is 4. The number of esters is 2. The number of likely N-dealkylation sites (N-methyl/N-ethyl adjacent to an activating group) is 1. The summed E-state index contributed by atoms with van der Waals surface area (Å²) in [5.41, 5.74) is 2.40. The SMILES string of the molecule is CN(C(=O)C12CC3OC(=O)C1N(Cc1cccc(C=C4CCC5OC5(C)CCC5C4CC5(C)C)c1)OC2C1OC(C2CC2)(C2CC2)OC31)C(Cc1ccccc1)C(=O)NC(CO)CCC(=O)OC(C)(C)C. The maximum atomic E-state index is 16.0. The lowest BCUT2D eigenvalue weighted by atomic mass is 9.52. The fourth-order valence-electron chi connectivity index (χ4n) is 13.9. The van der Waals surface area contributed by atoms with Crippen LogP contribution in [0.1, 0.15) is 135 Å². The summed E-state index contributed by atoms with van der Waals surface area (Å²) in [6.07, 6.45) is 9.44. The van der Waals surface area contributed by atoms with Gasteiger partial charge in [0.2, 0.25) is 11.8 Å². The quantitative estimate of drug-likeness (QED) is 0.136. The molecule has 2 amide bonds. The molecule has 9 aliphatic rings. The van der Waals surface area contributed by atoms with E-state index in [0.717, 1.165) is 61.6 Å². The number of nitrogens with zero attached hydrogens (tertiary/aromatic N) is 2. The van der Waals surface area contributed by atoms with Crippen LogP contribution in [0, 0.1) is 34.5 Å². The Bertz CT molecular complexity index is 2420. The Morgan fingerprint density at radius 2 is 1.65 bits per heavy atom. The Labute approximate surface area is 418 Å². The number of hydrogen-bond donors (Lipinski definition) is 2. The summed E-state index contributed by atoms with van der Waals surface area (Å²) in [6, 6.07) is 14.9. The molecular weight excluding hydrogens is 903 g/mol. The van der Waals surface area contributed by atoms with Gasteiger partial charge >= 0.3 is 11.9 Å². The Morgan fingerprint density at radius 1 is 0.930 bits per heavy atom. The third-order valence-corrected chi connectivity index (χ3v) is 18.0. The number of hydroxylamine groups is 2. The Morgan fingerprint density at radius 3 is 2.34 bits per heavy atom. The standard InChI is InChI=1S/C57H75N3O11/c1-53(2,3)68-45(62)23-21-39(32-61)58-50(63)42(28-33-12-9-8-10-13-33)59(7)52(65)56-30-43-46-47(70-57(69-46,37-17-18-37)38-19-20-38)49(56)71-60(48(56)51(64)66-43)31-35-15-11-14-34(26-35)27-36-16-22-44-55(6,67-44)25-24-41-40(36)29-54(41,4)5/h8-15,26-27,37-44,46-49,61H,16-25,28-32H2,1-7H3,(H,58,63). The lowest BCUT2D eigenvalue weighted by Gasteiger charge is -2.53. The van der Waals surface area contributed by atoms with Gasteiger partial charge in [-0.15, -0.1) is 0 Å². The summed E-state index contributed by atoms with van der Waals surface area (Å²) in [7, 11) is 1.62. The minimum Gasteiger partial charge on any atom is -0.460 e. The molecular formula is C57H75N3O11. The largest absolute Gasteiger partial charge is 0.460 e. The van der Waals surface area contributed by atoms with E-state index in [1.807, 2.05) is 36.4 Å². The average Bonchev–Trinajstić information content (AvgIpc) is 4.28. The first kappa shape index (κ1) is 49.1. The lowest BCUT2D eigenvalue weighted by Crippen LogP contribution is -2.70. The number of epoxide rings is 1. The van der Waals surface area contributed by atoms with Crippen LogP contribution in [0.3, 0.4) is 0 Å². The molecule has 12 atom stereocenters. The predicted octanol–water partition coefficient (Wildman–Crippen LogP) is 7.23. The molecule has 2 N–H and O–H groups in total. The van der Waals surface area contributed by atoms with Crippen molar-refractivity contribution in [2.24, 2.45) is 34.5 Å². The number of allylic oxidation sites excluding steroid dienone is 1. The molecule has 11 rings (SSSR count). The van der Waals surface area contributed by atoms with E-state index in [1.165, 1.54) is 23.3 Å². The van der Waals surface area contributed by atoms with Crippen molar-refractivity contribution in [3.63, 3.8) is 0 Å². The second-order valence-corrected chi connectivity index (χ2v) is 24.7. The number of rotatable bonds is 15. The van der Waals surface area contributed by atoms with E-state index in [9.17, 15) is 19.5 Å². The average molecular weight is 978 g/mol. The summed E-state index contributed by atoms with van der Waals surface area (Å²) in [5, 5.41) is 15.1. The minimum absolute atomic E-state index is 0.00194. The van der Waals surface area contributed by atoms with Gasteiger partial charge in [0.25, 0.3) is 0 Å². The number of aliphatic hydroxyl groups excluding tert-OH is 1. The van der Waals surface area contributed by atoms with Crippen LogP contribution in [0.2, 0.25) is 0 Å². The fraction of sp³-hybridized carbons (Fsp3) is 0.684. The van der Waals surface area contributed by atoms with Crippen molar-refractivity contribution in [3.05, 3.63) is 76.9 Å². The number of hydrogen-bond acceptors (Lipinski definition) is 12. The lowest BCUT2D eigenvalue weighted by molar-refractivity contribution is -0.235. The van der Waals surface area contributed by atoms with E-state index in [0.29, 0.717) is 17.9 Å². The zero-order valence-corrected chi connectivity index (χ0v) is 42.7. The number of fused-ring (bicyclic) bond motifs is 6. The van der Waals surface area contributed by atoms with Gasteiger partial charge in [-0.3, -0.25) is 24.0 Å². The molecule has 2 bridgehead atoms. The smallest absolute Gasteiger partial charge is 0.327 e. The molecule has 12 unspecified atom stereocenters. The van der Waals surface area contributed by atoms with Crippen molar-refractivity contribution >= 4 is 29.8 Å². The molecule has 14 heteroatoms. The number of ether oxygens (including phenoxy) is 5. The molecule has 0 aromatic heterocycles. The van der Waals surface area contributed by atoms with Crippen molar-refractivity contribution in [2.75, 3.05) is 13.7 Å². The summed E-state index contributed by atoms with van der Waals surface area (Å²) in [5.74, 6) is -1.18. The van der Waals surface area contributed by atoms with Crippen LogP contribution in [0.25, 0.3) is 6.08 Å². The molecule has 0 spiro atoms. The van der Waals surface area contributed by atoms with Gasteiger partial charge in [-0.25, -0.2) is 0 Å². The topological polar surface area (TPSA) is 166 Å². The van der Waals surface area contributed by atoms with Gasteiger partial charge in [0.1, 0.15) is 41.5 Å². The Balaban J connectivity index is 0.907. The highest BCUT2D eigenvalue weighted by molar-refractivity contribution is 5.96. The van der Waals surface area contributed by atoms with Crippen molar-refractivity contribution in [2.45, 2.75) is 197 Å². The predicted molar refractivity (Wildman–Crippen MR) is 261 cm³/mol. The molecule has 5 saturated carbocycles. The van der Waals surface area contributed by atoms with Crippen LogP contribution in [0.15, 0.2) is 60.2 Å². The van der Waals surface area contributed by atoms with E-state index < -0.39 is 89.7 Å². The first-order valence-corrected chi connectivity index (χ1v) is 26.7. The molecule has 4 heterocycles. The van der Waals surface area contributed by atoms with Crippen LogP contribution in [-0.4, -0.2) is 118 Å². The second kappa shape index (κ2) is 18.0. The Hall–Kier alpha value is -4.18. The van der Waals surface area contributed by atoms with Gasteiger partial charge in [0.05, 0.1) is 30.9 Å². The highest BCUT2D eigenvalue weighted by Crippen LogP contribution is 2.64. The van der Waals surface area contributed by atoms with Crippen molar-refractivity contribution in [3.8, 4) is 0 Å². The van der Waals surface area contributed by atoms with Gasteiger partial charge in [-0.2, -0.15) is 5.06 Å². The van der Waals surface area contributed by atoms with E-state index in [2.05, 4.69) is 50.4 Å². The molecule has 9 fully saturated rings. The number of amides is 2. The van der Waals surface area contributed by atoms with Gasteiger partial charge in [0, 0.05) is 38.1 Å². The zero-order chi connectivity index (χ0) is 49.8. The molecule has 0 radical (unpaired) electrons. The van der Waals surface area contributed by atoms with Crippen LogP contribution in [-0.2, 0) is 60.7 Å². The van der Waals surface area contributed by atoms with Gasteiger partial charge in [0.15, 0.2) is 11.8 Å². The molecule has 384 valence electrons. The van der Waals surface area contributed by atoms with Crippen LogP contribution in [0.4, 0.5) is 0 Å². The number of carbonyl (C=O) groups is 4. The van der Waals surface area contributed by atoms with E-state index in [4.69, 9.17) is 28.5 Å². The van der Waals surface area contributed by atoms with Gasteiger partial charge in [-0.1, -0.05) is 80.1 Å². The minimum atomic E-state index is -1.51. The van der Waals surface area contributed by atoms with Crippen molar-refractivity contribution in [1.29, 1.82) is 0 Å². The normalized spacial score (nSPS) is 35.8.